The number of ether oxygens (including phenoxy) is 4. The number of fused-ring (bicyclic) bond motifs is 2. The van der Waals surface area contributed by atoms with Crippen molar-refractivity contribution in [1.82, 2.24) is 0 Å². The lowest BCUT2D eigenvalue weighted by molar-refractivity contribution is 0.101. The molecule has 0 atom stereocenters. The number of nitrogens with one attached hydrogen (secondary N) is 2. The van der Waals surface area contributed by atoms with E-state index in [1.165, 1.54) is 21.2 Å². The minimum absolute atomic E-state index is 0.304. The molecule has 2 amide bonds. The van der Waals surface area contributed by atoms with Gasteiger partial charge in [-0.05, 0) is 128 Å². The van der Waals surface area contributed by atoms with Crippen LogP contribution in [0.15, 0.2) is 340 Å². The predicted molar refractivity (Wildman–Crippen MR) is 396 cm³/mol. The monoisotopic (exact) mass is 1280 g/mol. The molecule has 14 rings (SSSR count). The van der Waals surface area contributed by atoms with E-state index in [-0.39, 0.29) is 11.8 Å². The Morgan fingerprint density at radius 3 is 0.792 bits per heavy atom. The molecule has 10 heteroatoms. The Bertz CT molecular complexity index is 4460. The molecular weight excluding hydrogens is 1220 g/mol. The van der Waals surface area contributed by atoms with E-state index in [1.807, 2.05) is 158 Å². The smallest absolute Gasteiger partial charge is 0.255 e. The van der Waals surface area contributed by atoms with Gasteiger partial charge in [-0.2, -0.15) is 0 Å². The van der Waals surface area contributed by atoms with Crippen molar-refractivity contribution < 1.29 is 28.5 Å². The SMILES string of the molecule is O=C(Nc1cccc2c(-c3c(P(c4ccccc4)c4ccccc4)ccc4c(NC(=O)c5cc(OCc6ccccc6)cc(OCc6ccccc6)c5)cccc34)c(P(c3ccccc3)c3ccccc3)ccc12)c1cc(OCc2ccccc2)cc(OCc2ccccc2)c1. The second-order valence-corrected chi connectivity index (χ2v) is 27.5. The third-order valence-electron chi connectivity index (χ3n) is 16.6. The van der Waals surface area contributed by atoms with Gasteiger partial charge in [0.25, 0.3) is 11.8 Å². The molecular formula is C86H66N2O6P2. The molecule has 0 aromatic heterocycles. The van der Waals surface area contributed by atoms with Crippen molar-refractivity contribution in [1.29, 1.82) is 0 Å². The number of anilines is 2. The maximum Gasteiger partial charge on any atom is 0.255 e. The van der Waals surface area contributed by atoms with Crippen LogP contribution in [0.3, 0.4) is 0 Å². The average Bonchev–Trinajstić information content (AvgIpc) is 0.727. The van der Waals surface area contributed by atoms with Gasteiger partial charge in [-0.15, -0.1) is 0 Å². The molecule has 0 aliphatic heterocycles. The number of benzene rings is 14. The molecule has 96 heavy (non-hydrogen) atoms. The summed E-state index contributed by atoms with van der Waals surface area (Å²) in [5, 5.41) is 17.3. The second kappa shape index (κ2) is 29.7. The highest BCUT2D eigenvalue weighted by atomic mass is 31.1. The summed E-state index contributed by atoms with van der Waals surface area (Å²) in [7, 11) is -2.53. The van der Waals surface area contributed by atoms with Gasteiger partial charge < -0.3 is 29.6 Å². The first-order valence-corrected chi connectivity index (χ1v) is 34.6. The predicted octanol–water partition coefficient (Wildman–Crippen LogP) is 18.0. The molecule has 466 valence electrons. The lowest BCUT2D eigenvalue weighted by atomic mass is 9.92. The zero-order valence-electron chi connectivity index (χ0n) is 52.5. The molecule has 0 aliphatic carbocycles. The van der Waals surface area contributed by atoms with Crippen molar-refractivity contribution in [3.8, 4) is 34.1 Å². The van der Waals surface area contributed by atoms with E-state index in [0.717, 1.165) is 65.5 Å². The number of carbonyl (C=O) groups excluding carboxylic acids is 2. The first-order valence-electron chi connectivity index (χ1n) is 31.9. The van der Waals surface area contributed by atoms with Crippen molar-refractivity contribution in [2.45, 2.75) is 26.4 Å². The third kappa shape index (κ3) is 14.5. The highest BCUT2D eigenvalue weighted by Gasteiger charge is 2.30. The molecule has 14 aromatic carbocycles. The first kappa shape index (κ1) is 62.1. The molecule has 0 spiro atoms. The van der Waals surface area contributed by atoms with Crippen molar-refractivity contribution in [2.24, 2.45) is 0 Å². The second-order valence-electron chi connectivity index (χ2n) is 23.1. The van der Waals surface area contributed by atoms with E-state index in [0.29, 0.717) is 71.9 Å². The Hall–Kier alpha value is -11.4. The normalized spacial score (nSPS) is 11.1. The maximum absolute atomic E-state index is 15.2. The highest BCUT2D eigenvalue weighted by Crippen LogP contribution is 2.48. The summed E-state index contributed by atoms with van der Waals surface area (Å²) >= 11 is 0. The molecule has 0 fully saturated rings. The van der Waals surface area contributed by atoms with E-state index < -0.39 is 15.8 Å². The number of rotatable bonds is 23. The number of hydrogen-bond acceptors (Lipinski definition) is 6. The molecule has 8 nitrogen and oxygen atoms in total. The molecule has 0 radical (unpaired) electrons. The zero-order chi connectivity index (χ0) is 64.8. The van der Waals surface area contributed by atoms with E-state index >= 15 is 9.59 Å². The van der Waals surface area contributed by atoms with Crippen LogP contribution < -0.4 is 61.4 Å². The summed E-state index contributed by atoms with van der Waals surface area (Å²) in [6.07, 6.45) is 0. The molecule has 0 saturated heterocycles. The van der Waals surface area contributed by atoms with Crippen LogP contribution in [0.25, 0.3) is 32.7 Å². The van der Waals surface area contributed by atoms with Gasteiger partial charge in [0.15, 0.2) is 0 Å². The highest BCUT2D eigenvalue weighted by molar-refractivity contribution is 7.81. The van der Waals surface area contributed by atoms with E-state index in [2.05, 4.69) is 168 Å². The fourth-order valence-electron chi connectivity index (χ4n) is 12.1. The summed E-state index contributed by atoms with van der Waals surface area (Å²) in [6, 6.07) is 115. The Morgan fingerprint density at radius 2 is 0.521 bits per heavy atom. The van der Waals surface area contributed by atoms with Crippen molar-refractivity contribution >= 4 is 92.4 Å². The van der Waals surface area contributed by atoms with Gasteiger partial charge in [-0.25, -0.2) is 0 Å². The van der Waals surface area contributed by atoms with Gasteiger partial charge in [-0.1, -0.05) is 291 Å². The largest absolute Gasteiger partial charge is 0.489 e. The average molecular weight is 1290 g/mol. The van der Waals surface area contributed by atoms with Gasteiger partial charge in [0, 0.05) is 45.4 Å². The van der Waals surface area contributed by atoms with Crippen LogP contribution in [0.5, 0.6) is 23.0 Å². The van der Waals surface area contributed by atoms with Crippen molar-refractivity contribution in [2.75, 3.05) is 10.6 Å². The molecule has 0 unspecified atom stereocenters. The van der Waals surface area contributed by atoms with Gasteiger partial charge >= 0.3 is 0 Å². The van der Waals surface area contributed by atoms with Crippen LogP contribution in [0.1, 0.15) is 43.0 Å². The number of amides is 2. The van der Waals surface area contributed by atoms with E-state index in [4.69, 9.17) is 18.9 Å². The standard InChI is InChI=1S/C86H66N2O6P2/c89-85(65-51-67(91-57-61-27-9-1-10-28-61)55-68(52-65)92-58-62-29-11-2-12-30-62)87-79-45-25-43-77-75(79)47-49-81(95(71-35-17-5-18-36-71)72-37-19-6-20-38-72)83(77)84-78-44-26-46-80(76(78)48-50-82(84)96(73-39-21-7-22-40-73)74-41-23-8-24-42-74)88-86(90)66-53-69(93-59-63-31-13-3-14-32-63)56-70(54-66)94-60-64-33-15-4-16-34-64/h1-56H,57-60H2,(H,87,89)(H,88,90). The molecule has 0 bridgehead atoms. The Kier molecular flexibility index (Phi) is 19.2. The van der Waals surface area contributed by atoms with E-state index in [1.54, 1.807) is 24.3 Å². The Labute approximate surface area is 561 Å². The van der Waals surface area contributed by atoms with E-state index in [9.17, 15) is 0 Å². The van der Waals surface area contributed by atoms with Gasteiger partial charge in [-0.3, -0.25) is 9.59 Å². The third-order valence-corrected chi connectivity index (χ3v) is 21.6. The molecule has 0 heterocycles. The Morgan fingerprint density at radius 1 is 0.260 bits per heavy atom. The quantitative estimate of drug-likeness (QED) is 0.0620. The van der Waals surface area contributed by atoms with Crippen LogP contribution in [0, 0.1) is 0 Å². The zero-order valence-corrected chi connectivity index (χ0v) is 54.3. The summed E-state index contributed by atoms with van der Waals surface area (Å²) < 4.78 is 25.7. The molecule has 0 saturated carbocycles. The first-order chi connectivity index (χ1) is 47.4. The van der Waals surface area contributed by atoms with Gasteiger partial charge in [0.05, 0.1) is 0 Å². The van der Waals surface area contributed by atoms with Crippen LogP contribution >= 0.6 is 15.8 Å². The molecule has 0 aliphatic rings. The fraction of sp³-hybridized carbons (Fsp3) is 0.0465. The molecule has 14 aromatic rings. The summed E-state index contributed by atoms with van der Waals surface area (Å²) in [5.74, 6) is 1.35. The van der Waals surface area contributed by atoms with Gasteiger partial charge in [0.1, 0.15) is 49.4 Å². The summed E-state index contributed by atoms with van der Waals surface area (Å²) in [4.78, 5) is 30.5. The Balaban J connectivity index is 0.944. The van der Waals surface area contributed by atoms with Crippen LogP contribution in [-0.2, 0) is 26.4 Å². The number of carbonyl (C=O) groups is 2. The lowest BCUT2D eigenvalue weighted by Crippen LogP contribution is -2.26. The van der Waals surface area contributed by atoms with Crippen molar-refractivity contribution in [3.05, 3.63) is 373 Å². The fourth-order valence-corrected chi connectivity index (χ4v) is 17.0. The number of hydrogen-bond donors (Lipinski definition) is 2. The summed E-state index contributed by atoms with van der Waals surface area (Å²) in [5.41, 5.74) is 8.01. The van der Waals surface area contributed by atoms with Crippen LogP contribution in [-0.4, -0.2) is 11.8 Å². The molecule has 2 N–H and O–H groups in total. The van der Waals surface area contributed by atoms with Crippen LogP contribution in [0.4, 0.5) is 11.4 Å². The van der Waals surface area contributed by atoms with Crippen molar-refractivity contribution in [3.63, 3.8) is 0 Å². The van der Waals surface area contributed by atoms with Crippen LogP contribution in [0.2, 0.25) is 0 Å². The summed E-state index contributed by atoms with van der Waals surface area (Å²) in [6.45, 7) is 1.22. The lowest BCUT2D eigenvalue weighted by Gasteiger charge is -2.29. The van der Waals surface area contributed by atoms with Gasteiger partial charge in [0.2, 0.25) is 0 Å². The minimum atomic E-state index is -1.27. The topological polar surface area (TPSA) is 95.1 Å². The maximum atomic E-state index is 15.2. The minimum Gasteiger partial charge on any atom is -0.489 e.